The van der Waals surface area contributed by atoms with Crippen molar-refractivity contribution in [3.8, 4) is 0 Å². The molecule has 3 rings (SSSR count). The first-order valence-corrected chi connectivity index (χ1v) is 9.05. The van der Waals surface area contributed by atoms with Crippen LogP contribution in [0.2, 0.25) is 0 Å². The Hall–Kier alpha value is -3.68. The summed E-state index contributed by atoms with van der Waals surface area (Å²) < 4.78 is 9.69. The highest BCUT2D eigenvalue weighted by atomic mass is 16.5. The van der Waals surface area contributed by atoms with E-state index in [-0.39, 0.29) is 17.0 Å². The Morgan fingerprint density at radius 1 is 1.00 bits per heavy atom. The molecule has 0 radical (unpaired) electrons. The van der Waals surface area contributed by atoms with E-state index < -0.39 is 24.5 Å². The fraction of sp³-hybridized carbons (Fsp3) is 0.238. The quantitative estimate of drug-likeness (QED) is 0.753. The maximum atomic E-state index is 12.3. The summed E-state index contributed by atoms with van der Waals surface area (Å²) >= 11 is 0. The van der Waals surface area contributed by atoms with Crippen LogP contribution < -0.4 is 10.2 Å². The Kier molecular flexibility index (Phi) is 6.23. The number of methoxy groups -OCH3 is 1. The lowest BCUT2D eigenvalue weighted by Gasteiger charge is -2.20. The van der Waals surface area contributed by atoms with Crippen molar-refractivity contribution in [2.24, 2.45) is 0 Å². The molecular formula is C21H20N2O6. The number of benzene rings is 2. The molecule has 1 N–H and O–H groups in total. The van der Waals surface area contributed by atoms with E-state index >= 15 is 0 Å². The van der Waals surface area contributed by atoms with Gasteiger partial charge in [0.25, 0.3) is 5.91 Å². The van der Waals surface area contributed by atoms with Crippen LogP contribution in [0.4, 0.5) is 11.4 Å². The Bertz CT molecular complexity index is 956. The number of hydrogen-bond donors (Lipinski definition) is 1. The third-order valence-electron chi connectivity index (χ3n) is 4.43. The van der Waals surface area contributed by atoms with Gasteiger partial charge >= 0.3 is 11.9 Å². The molecule has 8 heteroatoms. The van der Waals surface area contributed by atoms with E-state index in [4.69, 9.17) is 4.74 Å². The van der Waals surface area contributed by atoms with Crippen molar-refractivity contribution in [3.05, 3.63) is 59.7 Å². The van der Waals surface area contributed by atoms with Crippen LogP contribution in [0.15, 0.2) is 48.5 Å². The van der Waals surface area contributed by atoms with Crippen molar-refractivity contribution in [3.63, 3.8) is 0 Å². The lowest BCUT2D eigenvalue weighted by atomic mass is 10.1. The molecule has 0 atom stereocenters. The first-order chi connectivity index (χ1) is 14.0. The molecule has 8 nitrogen and oxygen atoms in total. The average molecular weight is 396 g/mol. The topological polar surface area (TPSA) is 102 Å². The van der Waals surface area contributed by atoms with Gasteiger partial charge in [-0.15, -0.1) is 0 Å². The van der Waals surface area contributed by atoms with Crippen LogP contribution in [0, 0.1) is 0 Å². The molecule has 0 spiro atoms. The number of rotatable bonds is 6. The smallest absolute Gasteiger partial charge is 0.339 e. The summed E-state index contributed by atoms with van der Waals surface area (Å²) in [6.45, 7) is 0.0433. The van der Waals surface area contributed by atoms with Crippen LogP contribution in [-0.2, 0) is 19.1 Å². The second kappa shape index (κ2) is 9.01. The Balaban J connectivity index is 1.65. The number of ether oxygens (including phenoxy) is 2. The molecule has 1 aliphatic rings. The van der Waals surface area contributed by atoms with Crippen molar-refractivity contribution >= 4 is 35.1 Å². The van der Waals surface area contributed by atoms with E-state index in [0.29, 0.717) is 24.3 Å². The van der Waals surface area contributed by atoms with Gasteiger partial charge in [0.2, 0.25) is 5.91 Å². The van der Waals surface area contributed by atoms with Crippen molar-refractivity contribution in [2.45, 2.75) is 12.8 Å². The second-order valence-electron chi connectivity index (χ2n) is 6.33. The van der Waals surface area contributed by atoms with Crippen LogP contribution in [-0.4, -0.2) is 44.0 Å². The number of carbonyl (C=O) groups excluding carboxylic acids is 4. The third kappa shape index (κ3) is 4.60. The summed E-state index contributed by atoms with van der Waals surface area (Å²) in [5.74, 6) is -2.05. The van der Waals surface area contributed by atoms with Crippen molar-refractivity contribution in [2.75, 3.05) is 30.5 Å². The average Bonchev–Trinajstić information content (AvgIpc) is 3.17. The SMILES string of the molecule is COC(=O)c1ccccc1C(=O)OCC(=O)Nc1ccccc1N1CCCC1=O. The Labute approximate surface area is 167 Å². The Morgan fingerprint density at radius 2 is 1.66 bits per heavy atom. The molecule has 150 valence electrons. The number of hydrogen-bond acceptors (Lipinski definition) is 6. The maximum Gasteiger partial charge on any atom is 0.339 e. The number of nitrogens with one attached hydrogen (secondary N) is 1. The summed E-state index contributed by atoms with van der Waals surface area (Å²) in [6, 6.07) is 13.0. The second-order valence-corrected chi connectivity index (χ2v) is 6.33. The van der Waals surface area contributed by atoms with Gasteiger partial charge in [-0.1, -0.05) is 24.3 Å². The largest absolute Gasteiger partial charge is 0.465 e. The first kappa shape index (κ1) is 20.1. The molecule has 29 heavy (non-hydrogen) atoms. The van der Waals surface area contributed by atoms with Gasteiger partial charge in [-0.2, -0.15) is 0 Å². The van der Waals surface area contributed by atoms with E-state index in [1.165, 1.54) is 19.2 Å². The standard InChI is InChI=1S/C21H20N2O6/c1-28-20(26)14-7-2-3-8-15(14)21(27)29-13-18(24)22-16-9-4-5-10-17(16)23-12-6-11-19(23)25/h2-5,7-10H,6,11-13H2,1H3,(H,22,24). The van der Waals surface area contributed by atoms with Gasteiger partial charge in [-0.25, -0.2) is 9.59 Å². The zero-order valence-corrected chi connectivity index (χ0v) is 15.8. The number of esters is 2. The Morgan fingerprint density at radius 3 is 2.31 bits per heavy atom. The molecule has 0 bridgehead atoms. The molecule has 1 saturated heterocycles. The summed E-state index contributed by atoms with van der Waals surface area (Å²) in [5.41, 5.74) is 1.12. The highest BCUT2D eigenvalue weighted by Crippen LogP contribution is 2.29. The monoisotopic (exact) mass is 396 g/mol. The molecule has 1 fully saturated rings. The molecule has 2 amide bonds. The molecule has 0 aliphatic carbocycles. The maximum absolute atomic E-state index is 12.3. The molecule has 0 saturated carbocycles. The number of amides is 2. The van der Waals surface area contributed by atoms with Gasteiger partial charge in [0.15, 0.2) is 6.61 Å². The molecule has 2 aromatic carbocycles. The lowest BCUT2D eigenvalue weighted by molar-refractivity contribution is -0.119. The lowest BCUT2D eigenvalue weighted by Crippen LogP contribution is -2.27. The van der Waals surface area contributed by atoms with Crippen molar-refractivity contribution in [1.82, 2.24) is 0 Å². The number of anilines is 2. The van der Waals surface area contributed by atoms with Crippen molar-refractivity contribution in [1.29, 1.82) is 0 Å². The minimum absolute atomic E-state index is 0.00227. The van der Waals surface area contributed by atoms with Crippen LogP contribution in [0.25, 0.3) is 0 Å². The molecule has 2 aromatic rings. The predicted molar refractivity (Wildman–Crippen MR) is 105 cm³/mol. The number of carbonyl (C=O) groups is 4. The molecule has 0 aromatic heterocycles. The van der Waals surface area contributed by atoms with Crippen LogP contribution in [0.3, 0.4) is 0 Å². The van der Waals surface area contributed by atoms with Gasteiger partial charge in [0.05, 0.1) is 29.6 Å². The van der Waals surface area contributed by atoms with E-state index in [1.54, 1.807) is 41.3 Å². The summed E-state index contributed by atoms with van der Waals surface area (Å²) in [6.07, 6.45) is 1.23. The van der Waals surface area contributed by atoms with E-state index in [9.17, 15) is 19.2 Å². The van der Waals surface area contributed by atoms with Gasteiger partial charge in [-0.3, -0.25) is 9.59 Å². The van der Waals surface area contributed by atoms with E-state index in [0.717, 1.165) is 6.42 Å². The summed E-state index contributed by atoms with van der Waals surface area (Å²) in [5, 5.41) is 2.66. The molecular weight excluding hydrogens is 376 g/mol. The molecule has 0 unspecified atom stereocenters. The highest BCUT2D eigenvalue weighted by molar-refractivity contribution is 6.05. The fourth-order valence-corrected chi connectivity index (χ4v) is 3.06. The van der Waals surface area contributed by atoms with Crippen LogP contribution >= 0.6 is 0 Å². The fourth-order valence-electron chi connectivity index (χ4n) is 3.06. The summed E-state index contributed by atoms with van der Waals surface area (Å²) in [4.78, 5) is 50.0. The zero-order chi connectivity index (χ0) is 20.8. The minimum atomic E-state index is -0.816. The van der Waals surface area contributed by atoms with Gasteiger partial charge in [0, 0.05) is 13.0 Å². The normalized spacial score (nSPS) is 13.1. The van der Waals surface area contributed by atoms with E-state index in [1.807, 2.05) is 0 Å². The number of nitrogens with zero attached hydrogens (tertiary/aromatic N) is 1. The van der Waals surface area contributed by atoms with Crippen LogP contribution in [0.5, 0.6) is 0 Å². The molecule has 1 aliphatic heterocycles. The summed E-state index contributed by atoms with van der Waals surface area (Å²) in [7, 11) is 1.21. The first-order valence-electron chi connectivity index (χ1n) is 9.05. The van der Waals surface area contributed by atoms with Gasteiger partial charge < -0.3 is 19.7 Å². The predicted octanol–water partition coefficient (Wildman–Crippen LogP) is 2.40. The van der Waals surface area contributed by atoms with Gasteiger partial charge in [0.1, 0.15) is 0 Å². The van der Waals surface area contributed by atoms with E-state index in [2.05, 4.69) is 10.1 Å². The van der Waals surface area contributed by atoms with Crippen molar-refractivity contribution < 1.29 is 28.7 Å². The third-order valence-corrected chi connectivity index (χ3v) is 4.43. The van der Waals surface area contributed by atoms with Crippen LogP contribution in [0.1, 0.15) is 33.6 Å². The minimum Gasteiger partial charge on any atom is -0.465 e. The zero-order valence-electron chi connectivity index (χ0n) is 15.8. The number of para-hydroxylation sites is 2. The molecule has 1 heterocycles. The highest BCUT2D eigenvalue weighted by Gasteiger charge is 2.24. The van der Waals surface area contributed by atoms with Gasteiger partial charge in [-0.05, 0) is 30.7 Å².